The molecule has 4 nitrogen and oxygen atoms in total. The van der Waals surface area contributed by atoms with Crippen molar-refractivity contribution in [2.24, 2.45) is 0 Å². The third-order valence-corrected chi connectivity index (χ3v) is 3.93. The first-order valence-corrected chi connectivity index (χ1v) is 6.71. The molecule has 0 radical (unpaired) electrons. The van der Waals surface area contributed by atoms with Gasteiger partial charge in [0.15, 0.2) is 0 Å². The smallest absolute Gasteiger partial charge is 0.348 e. The van der Waals surface area contributed by atoms with Crippen LogP contribution >= 0.6 is 23.1 Å². The van der Waals surface area contributed by atoms with E-state index in [1.54, 1.807) is 30.4 Å². The predicted molar refractivity (Wildman–Crippen MR) is 67.3 cm³/mol. The summed E-state index contributed by atoms with van der Waals surface area (Å²) in [6, 6.07) is 1.93. The summed E-state index contributed by atoms with van der Waals surface area (Å²) in [5, 5.41) is 2.73. The standard InChI is InChI=1S/C11H10N2O2S2/c1-15-11(14)10-8(2-5-16-10)7-17-9-6-12-3-4-13-9/h2-6H,7H2,1H3. The highest BCUT2D eigenvalue weighted by atomic mass is 32.2. The number of ether oxygens (including phenoxy) is 1. The second kappa shape index (κ2) is 5.79. The lowest BCUT2D eigenvalue weighted by atomic mass is 10.3. The van der Waals surface area contributed by atoms with E-state index in [0.717, 1.165) is 10.6 Å². The van der Waals surface area contributed by atoms with Crippen LogP contribution in [0.25, 0.3) is 0 Å². The van der Waals surface area contributed by atoms with Crippen LogP contribution in [0.3, 0.4) is 0 Å². The molecule has 2 rings (SSSR count). The molecule has 0 atom stereocenters. The van der Waals surface area contributed by atoms with Gasteiger partial charge < -0.3 is 4.74 Å². The van der Waals surface area contributed by atoms with Crippen LogP contribution < -0.4 is 0 Å². The Labute approximate surface area is 107 Å². The van der Waals surface area contributed by atoms with E-state index in [1.807, 2.05) is 11.4 Å². The summed E-state index contributed by atoms with van der Waals surface area (Å²) in [5.41, 5.74) is 0.970. The summed E-state index contributed by atoms with van der Waals surface area (Å²) in [5.74, 6) is 0.404. The van der Waals surface area contributed by atoms with Crippen LogP contribution in [0.5, 0.6) is 0 Å². The molecule has 0 bridgehead atoms. The lowest BCUT2D eigenvalue weighted by Crippen LogP contribution is -2.01. The molecule has 2 heterocycles. The molecule has 0 aliphatic heterocycles. The average Bonchev–Trinajstić information content (AvgIpc) is 2.85. The molecule has 0 N–H and O–H groups in total. The Balaban J connectivity index is 2.05. The highest BCUT2D eigenvalue weighted by Gasteiger charge is 2.13. The van der Waals surface area contributed by atoms with E-state index in [2.05, 4.69) is 9.97 Å². The number of carbonyl (C=O) groups is 1. The van der Waals surface area contributed by atoms with Gasteiger partial charge >= 0.3 is 5.97 Å². The first-order valence-electron chi connectivity index (χ1n) is 4.84. The fourth-order valence-electron chi connectivity index (χ4n) is 1.23. The van der Waals surface area contributed by atoms with Gasteiger partial charge in [-0.05, 0) is 17.0 Å². The molecule has 88 valence electrons. The largest absolute Gasteiger partial charge is 0.465 e. The Morgan fingerprint density at radius 3 is 3.12 bits per heavy atom. The van der Waals surface area contributed by atoms with Crippen molar-refractivity contribution >= 4 is 29.1 Å². The van der Waals surface area contributed by atoms with Gasteiger partial charge in [-0.2, -0.15) is 0 Å². The molecule has 0 saturated heterocycles. The fraction of sp³-hybridized carbons (Fsp3) is 0.182. The summed E-state index contributed by atoms with van der Waals surface area (Å²) in [7, 11) is 1.39. The number of thioether (sulfide) groups is 1. The maximum Gasteiger partial charge on any atom is 0.348 e. The number of hydrogen-bond acceptors (Lipinski definition) is 6. The highest BCUT2D eigenvalue weighted by molar-refractivity contribution is 7.98. The molecule has 2 aromatic rings. The van der Waals surface area contributed by atoms with Gasteiger partial charge in [-0.3, -0.25) is 4.98 Å². The third kappa shape index (κ3) is 3.04. The maximum absolute atomic E-state index is 11.5. The van der Waals surface area contributed by atoms with Crippen LogP contribution in [-0.4, -0.2) is 23.0 Å². The van der Waals surface area contributed by atoms with Gasteiger partial charge in [0.25, 0.3) is 0 Å². The highest BCUT2D eigenvalue weighted by Crippen LogP contribution is 2.25. The summed E-state index contributed by atoms with van der Waals surface area (Å²) in [6.45, 7) is 0. The van der Waals surface area contributed by atoms with Crippen molar-refractivity contribution in [1.29, 1.82) is 0 Å². The number of aromatic nitrogens is 2. The molecule has 0 saturated carbocycles. The Morgan fingerprint density at radius 1 is 1.53 bits per heavy atom. The second-order valence-electron chi connectivity index (χ2n) is 3.10. The van der Waals surface area contributed by atoms with Crippen LogP contribution in [0.2, 0.25) is 0 Å². The van der Waals surface area contributed by atoms with Gasteiger partial charge in [-0.1, -0.05) is 0 Å². The predicted octanol–water partition coefficient (Wildman–Crippen LogP) is 2.62. The minimum Gasteiger partial charge on any atom is -0.465 e. The Bertz CT molecular complexity index is 499. The third-order valence-electron chi connectivity index (χ3n) is 2.03. The van der Waals surface area contributed by atoms with Gasteiger partial charge in [-0.15, -0.1) is 23.1 Å². The molecule has 6 heteroatoms. The molecule has 0 aliphatic carbocycles. The maximum atomic E-state index is 11.5. The van der Waals surface area contributed by atoms with Gasteiger partial charge in [0, 0.05) is 18.1 Å². The van der Waals surface area contributed by atoms with Crippen molar-refractivity contribution in [3.05, 3.63) is 40.5 Å². The zero-order valence-corrected chi connectivity index (χ0v) is 10.8. The summed E-state index contributed by atoms with van der Waals surface area (Å²) in [4.78, 5) is 20.3. The molecule has 0 amide bonds. The van der Waals surface area contributed by atoms with Crippen molar-refractivity contribution < 1.29 is 9.53 Å². The number of thiophene rings is 1. The van der Waals surface area contributed by atoms with E-state index < -0.39 is 0 Å². The molecule has 0 aromatic carbocycles. The Kier molecular flexibility index (Phi) is 4.11. The second-order valence-corrected chi connectivity index (χ2v) is 5.01. The van der Waals surface area contributed by atoms with E-state index in [4.69, 9.17) is 4.74 Å². The molecular formula is C11H10N2O2S2. The molecule has 0 fully saturated rings. The fourth-order valence-corrected chi connectivity index (χ4v) is 2.98. The zero-order valence-electron chi connectivity index (χ0n) is 9.12. The number of esters is 1. The molecule has 17 heavy (non-hydrogen) atoms. The van der Waals surface area contributed by atoms with Gasteiger partial charge in [-0.25, -0.2) is 9.78 Å². The quantitative estimate of drug-likeness (QED) is 0.629. The van der Waals surface area contributed by atoms with E-state index >= 15 is 0 Å². The van der Waals surface area contributed by atoms with E-state index in [-0.39, 0.29) is 5.97 Å². The average molecular weight is 266 g/mol. The van der Waals surface area contributed by atoms with Crippen LogP contribution in [0.1, 0.15) is 15.2 Å². The topological polar surface area (TPSA) is 52.1 Å². The van der Waals surface area contributed by atoms with Crippen LogP contribution in [0.4, 0.5) is 0 Å². The van der Waals surface area contributed by atoms with E-state index in [0.29, 0.717) is 10.6 Å². The van der Waals surface area contributed by atoms with Gasteiger partial charge in [0.2, 0.25) is 0 Å². The zero-order chi connectivity index (χ0) is 12.1. The normalized spacial score (nSPS) is 10.2. The summed E-state index contributed by atoms with van der Waals surface area (Å²) >= 11 is 2.94. The number of rotatable bonds is 4. The molecule has 0 aliphatic rings. The van der Waals surface area contributed by atoms with Gasteiger partial charge in [0.1, 0.15) is 9.90 Å². The minimum atomic E-state index is -0.283. The van der Waals surface area contributed by atoms with Crippen molar-refractivity contribution in [3.8, 4) is 0 Å². The molecule has 0 unspecified atom stereocenters. The lowest BCUT2D eigenvalue weighted by Gasteiger charge is -2.01. The summed E-state index contributed by atoms with van der Waals surface area (Å²) in [6.07, 6.45) is 4.99. The van der Waals surface area contributed by atoms with Crippen molar-refractivity contribution in [1.82, 2.24) is 9.97 Å². The van der Waals surface area contributed by atoms with Crippen LogP contribution in [-0.2, 0) is 10.5 Å². The first-order chi connectivity index (χ1) is 8.31. The monoisotopic (exact) mass is 266 g/mol. The number of methoxy groups -OCH3 is 1. The Morgan fingerprint density at radius 2 is 2.41 bits per heavy atom. The van der Waals surface area contributed by atoms with Crippen molar-refractivity contribution in [2.45, 2.75) is 10.8 Å². The first kappa shape index (κ1) is 12.1. The molecular weight excluding hydrogens is 256 g/mol. The Hall–Kier alpha value is -1.40. The van der Waals surface area contributed by atoms with Crippen molar-refractivity contribution in [2.75, 3.05) is 7.11 Å². The number of hydrogen-bond donors (Lipinski definition) is 0. The van der Waals surface area contributed by atoms with Crippen LogP contribution in [0.15, 0.2) is 35.1 Å². The van der Waals surface area contributed by atoms with Gasteiger partial charge in [0.05, 0.1) is 13.3 Å². The number of carbonyl (C=O) groups excluding carboxylic acids is 1. The van der Waals surface area contributed by atoms with E-state index in [9.17, 15) is 4.79 Å². The summed E-state index contributed by atoms with van der Waals surface area (Å²) < 4.78 is 4.72. The lowest BCUT2D eigenvalue weighted by molar-refractivity contribution is 0.0605. The molecule has 0 spiro atoms. The SMILES string of the molecule is COC(=O)c1sccc1CSc1cnccn1. The van der Waals surface area contributed by atoms with Crippen LogP contribution in [0, 0.1) is 0 Å². The number of nitrogens with zero attached hydrogens (tertiary/aromatic N) is 2. The van der Waals surface area contributed by atoms with E-state index in [1.165, 1.54) is 18.4 Å². The molecule has 2 aromatic heterocycles. The van der Waals surface area contributed by atoms with Crippen molar-refractivity contribution in [3.63, 3.8) is 0 Å². The minimum absolute atomic E-state index is 0.283.